The average Bonchev–Trinajstić information content (AvgIpc) is 3.41. The molecule has 4 aliphatic heterocycles. The highest BCUT2D eigenvalue weighted by atomic mass is 16.5. The molecule has 9 rings (SSSR count). The summed E-state index contributed by atoms with van der Waals surface area (Å²) in [5, 5.41) is 13.8. The Balaban J connectivity index is 1.25. The van der Waals surface area contributed by atoms with Crippen molar-refractivity contribution in [2.45, 2.75) is 24.5 Å². The predicted molar refractivity (Wildman–Crippen MR) is 145 cm³/mol. The average molecular weight is 513 g/mol. The maximum absolute atomic E-state index is 9.40. The molecule has 39 heavy (non-hydrogen) atoms. The second kappa shape index (κ2) is 8.09. The lowest BCUT2D eigenvalue weighted by atomic mass is 9.67. The molecule has 2 atom stereocenters. The first-order valence-electron chi connectivity index (χ1n) is 13.0. The zero-order chi connectivity index (χ0) is 26.1. The van der Waals surface area contributed by atoms with Crippen molar-refractivity contribution >= 4 is 11.2 Å². The van der Waals surface area contributed by atoms with Crippen LogP contribution < -0.4 is 9.64 Å². The van der Waals surface area contributed by atoms with Crippen molar-refractivity contribution in [3.05, 3.63) is 90.3 Å². The van der Waals surface area contributed by atoms with Crippen LogP contribution in [0, 0.1) is 11.3 Å². The van der Waals surface area contributed by atoms with Crippen LogP contribution in [0.15, 0.2) is 73.4 Å². The molecule has 5 aromatic rings. The van der Waals surface area contributed by atoms with Gasteiger partial charge in [-0.2, -0.15) is 10.4 Å². The molecule has 9 heteroatoms. The minimum Gasteiger partial charge on any atom is -0.481 e. The molecule has 0 unspecified atom stereocenters. The maximum Gasteiger partial charge on any atom is 0.212 e. The number of piperidine rings is 1. The van der Waals surface area contributed by atoms with E-state index >= 15 is 0 Å². The Bertz CT molecular complexity index is 1800. The molecule has 190 valence electrons. The number of rotatable bonds is 5. The molecule has 4 aliphatic rings. The van der Waals surface area contributed by atoms with Crippen molar-refractivity contribution in [2.24, 2.45) is 0 Å². The Kier molecular flexibility index (Phi) is 4.61. The van der Waals surface area contributed by atoms with E-state index in [4.69, 9.17) is 14.7 Å². The van der Waals surface area contributed by atoms with E-state index in [1.54, 1.807) is 17.8 Å². The highest BCUT2D eigenvalue weighted by Crippen LogP contribution is 2.58. The van der Waals surface area contributed by atoms with Crippen LogP contribution in [0.2, 0.25) is 0 Å². The third-order valence-corrected chi connectivity index (χ3v) is 8.51. The molecule has 0 saturated carbocycles. The first-order valence-corrected chi connectivity index (χ1v) is 13.0. The van der Waals surface area contributed by atoms with Crippen LogP contribution in [0.1, 0.15) is 23.2 Å². The smallest absolute Gasteiger partial charge is 0.212 e. The van der Waals surface area contributed by atoms with Crippen LogP contribution in [0.25, 0.3) is 27.9 Å². The van der Waals surface area contributed by atoms with Gasteiger partial charge in [-0.05, 0) is 30.2 Å². The highest BCUT2D eigenvalue weighted by Gasteiger charge is 2.61. The van der Waals surface area contributed by atoms with Gasteiger partial charge >= 0.3 is 0 Å². The van der Waals surface area contributed by atoms with E-state index in [1.807, 2.05) is 49.1 Å². The SMILES string of the molecule is COc1ccc(CN2[C@H]3CN4C[C@]2(C3)c2nccc4c2-c2ncccc2-c2ccc3c(C#N)cnn3c2)cn1. The molecule has 5 bridgehead atoms. The van der Waals surface area contributed by atoms with Gasteiger partial charge in [-0.3, -0.25) is 14.9 Å². The predicted octanol–water partition coefficient (Wildman–Crippen LogP) is 4.04. The number of fused-ring (bicyclic) bond motifs is 3. The number of ether oxygens (including phenoxy) is 1. The Hall–Kier alpha value is -4.81. The molecule has 0 N–H and O–H groups in total. The lowest BCUT2D eigenvalue weighted by molar-refractivity contribution is -0.105. The Labute approximate surface area is 224 Å². The van der Waals surface area contributed by atoms with Crippen molar-refractivity contribution in [1.29, 1.82) is 5.26 Å². The fraction of sp³-hybridized carbons (Fsp3) is 0.233. The van der Waals surface area contributed by atoms with Gasteiger partial charge in [-0.25, -0.2) is 9.50 Å². The van der Waals surface area contributed by atoms with Gasteiger partial charge < -0.3 is 9.64 Å². The minimum atomic E-state index is -0.172. The maximum atomic E-state index is 9.40. The lowest BCUT2D eigenvalue weighted by Gasteiger charge is -2.67. The van der Waals surface area contributed by atoms with Gasteiger partial charge in [0.2, 0.25) is 5.88 Å². The second-order valence-electron chi connectivity index (χ2n) is 10.5. The second-order valence-corrected chi connectivity index (χ2v) is 10.5. The van der Waals surface area contributed by atoms with Gasteiger partial charge in [0.25, 0.3) is 0 Å². The first-order chi connectivity index (χ1) is 19.2. The minimum absolute atomic E-state index is 0.172. The number of methoxy groups -OCH3 is 1. The monoisotopic (exact) mass is 512 g/mol. The number of pyridine rings is 4. The van der Waals surface area contributed by atoms with Crippen LogP contribution in [-0.2, 0) is 12.1 Å². The van der Waals surface area contributed by atoms with Gasteiger partial charge in [0.1, 0.15) is 6.07 Å². The summed E-state index contributed by atoms with van der Waals surface area (Å²) in [7, 11) is 1.64. The summed E-state index contributed by atoms with van der Waals surface area (Å²) in [6.07, 6.45) is 10.4. The van der Waals surface area contributed by atoms with Crippen molar-refractivity contribution in [1.82, 2.24) is 29.5 Å². The zero-order valence-corrected chi connectivity index (χ0v) is 21.3. The van der Waals surface area contributed by atoms with Crippen LogP contribution in [0.3, 0.4) is 0 Å². The van der Waals surface area contributed by atoms with Gasteiger partial charge in [-0.1, -0.05) is 18.2 Å². The van der Waals surface area contributed by atoms with Crippen LogP contribution >= 0.6 is 0 Å². The van der Waals surface area contributed by atoms with Gasteiger partial charge in [-0.15, -0.1) is 0 Å². The molecular weight excluding hydrogens is 488 g/mol. The number of hydrogen-bond donors (Lipinski definition) is 0. The topological polar surface area (TPSA) is 95.5 Å². The van der Waals surface area contributed by atoms with E-state index in [2.05, 4.69) is 44.2 Å². The Morgan fingerprint density at radius 2 is 2.03 bits per heavy atom. The number of anilines is 1. The summed E-state index contributed by atoms with van der Waals surface area (Å²) in [6, 6.07) is 16.9. The van der Waals surface area contributed by atoms with E-state index < -0.39 is 0 Å². The van der Waals surface area contributed by atoms with E-state index in [1.165, 1.54) is 11.3 Å². The lowest BCUT2D eigenvalue weighted by Crippen LogP contribution is -2.76. The van der Waals surface area contributed by atoms with Gasteiger partial charge in [0.05, 0.1) is 41.3 Å². The molecule has 0 aromatic carbocycles. The molecule has 0 aliphatic carbocycles. The van der Waals surface area contributed by atoms with Gasteiger partial charge in [0.15, 0.2) is 0 Å². The Morgan fingerprint density at radius 3 is 2.87 bits per heavy atom. The molecular formula is C30H24N8O. The van der Waals surface area contributed by atoms with Crippen molar-refractivity contribution in [2.75, 3.05) is 25.1 Å². The van der Waals surface area contributed by atoms with E-state index in [9.17, 15) is 5.26 Å². The standard InChI is InChI=1S/C30H24N8O/c1-39-26-7-4-19(13-34-26)15-37-22-11-30(37)18-36(17-22)25-8-10-33-29(30)27(25)28-23(3-2-9-32-28)20-5-6-24-21(12-31)14-35-38(24)16-20/h2-10,13-14,16,22H,11,15,17-18H2,1H3/t22-,30-/m1/s1. The van der Waals surface area contributed by atoms with Crippen LogP contribution in [0.5, 0.6) is 5.88 Å². The molecule has 0 amide bonds. The highest BCUT2D eigenvalue weighted by molar-refractivity contribution is 5.90. The zero-order valence-electron chi connectivity index (χ0n) is 21.3. The molecule has 3 saturated heterocycles. The first kappa shape index (κ1) is 22.2. The van der Waals surface area contributed by atoms with E-state index in [-0.39, 0.29) is 5.54 Å². The number of hydrogen-bond acceptors (Lipinski definition) is 8. The van der Waals surface area contributed by atoms with E-state index in [0.29, 0.717) is 17.5 Å². The summed E-state index contributed by atoms with van der Waals surface area (Å²) in [5.41, 5.74) is 8.67. The van der Waals surface area contributed by atoms with Crippen molar-refractivity contribution in [3.8, 4) is 34.3 Å². The largest absolute Gasteiger partial charge is 0.481 e. The number of nitrogens with zero attached hydrogens (tertiary/aromatic N) is 8. The van der Waals surface area contributed by atoms with Gasteiger partial charge in [0, 0.05) is 78.9 Å². The quantitative estimate of drug-likeness (QED) is 0.348. The third-order valence-electron chi connectivity index (χ3n) is 8.51. The van der Waals surface area contributed by atoms with Crippen LogP contribution in [-0.4, -0.2) is 55.7 Å². The number of piperazine rings is 1. The Morgan fingerprint density at radius 1 is 1.08 bits per heavy atom. The number of nitriles is 1. The molecule has 5 aromatic heterocycles. The molecule has 1 spiro atoms. The molecule has 9 heterocycles. The fourth-order valence-corrected chi connectivity index (χ4v) is 6.77. The van der Waals surface area contributed by atoms with Crippen LogP contribution in [0.4, 0.5) is 5.69 Å². The summed E-state index contributed by atoms with van der Waals surface area (Å²) >= 11 is 0. The summed E-state index contributed by atoms with van der Waals surface area (Å²) < 4.78 is 7.02. The molecule has 9 nitrogen and oxygen atoms in total. The molecule has 0 radical (unpaired) electrons. The fourth-order valence-electron chi connectivity index (χ4n) is 6.77. The van der Waals surface area contributed by atoms with Crippen molar-refractivity contribution in [3.63, 3.8) is 0 Å². The van der Waals surface area contributed by atoms with Crippen molar-refractivity contribution < 1.29 is 4.74 Å². The van der Waals surface area contributed by atoms with E-state index in [0.717, 1.165) is 59.7 Å². The normalized spacial score (nSPS) is 20.9. The summed E-state index contributed by atoms with van der Waals surface area (Å²) in [4.78, 5) is 19.5. The molecule has 3 fully saturated rings. The summed E-state index contributed by atoms with van der Waals surface area (Å²) in [5.74, 6) is 0.626. The number of aromatic nitrogens is 5. The summed E-state index contributed by atoms with van der Waals surface area (Å²) in [6.45, 7) is 2.71. The third kappa shape index (κ3) is 3.09.